The van der Waals surface area contributed by atoms with Gasteiger partial charge in [-0.3, -0.25) is 4.79 Å². The lowest BCUT2D eigenvalue weighted by Crippen LogP contribution is -2.24. The first-order chi connectivity index (χ1) is 11.6. The molecule has 0 spiro atoms. The van der Waals surface area contributed by atoms with Gasteiger partial charge in [0.15, 0.2) is 6.61 Å². The van der Waals surface area contributed by atoms with Gasteiger partial charge >= 0.3 is 0 Å². The maximum atomic E-state index is 11.8. The summed E-state index contributed by atoms with van der Waals surface area (Å²) in [5.74, 6) is 1.61. The molecular formula is C18H20N2O4. The molecule has 2 aromatic rings. The number of nitrogens with zero attached hydrogens (tertiary/aromatic N) is 1. The number of para-hydroxylation sites is 1. The molecule has 0 saturated heterocycles. The van der Waals surface area contributed by atoms with E-state index in [1.807, 2.05) is 31.2 Å². The summed E-state index contributed by atoms with van der Waals surface area (Å²) in [5.41, 5.74) is 4.11. The predicted octanol–water partition coefficient (Wildman–Crippen LogP) is 2.54. The van der Waals surface area contributed by atoms with Gasteiger partial charge in [0.25, 0.3) is 5.91 Å². The summed E-state index contributed by atoms with van der Waals surface area (Å²) in [6.07, 6.45) is 1.50. The van der Waals surface area contributed by atoms with E-state index in [9.17, 15) is 4.79 Å². The number of hydrazone groups is 1. The third-order valence-corrected chi connectivity index (χ3v) is 3.29. The second kappa shape index (κ2) is 8.57. The Labute approximate surface area is 141 Å². The van der Waals surface area contributed by atoms with Crippen LogP contribution in [0.2, 0.25) is 0 Å². The van der Waals surface area contributed by atoms with Crippen LogP contribution in [-0.4, -0.2) is 32.9 Å². The molecular weight excluding hydrogens is 308 g/mol. The van der Waals surface area contributed by atoms with Gasteiger partial charge in [-0.15, -0.1) is 0 Å². The molecule has 0 bridgehead atoms. The number of aryl methyl sites for hydroxylation is 1. The smallest absolute Gasteiger partial charge is 0.277 e. The maximum absolute atomic E-state index is 11.8. The second-order valence-corrected chi connectivity index (χ2v) is 4.96. The molecule has 0 saturated carbocycles. The molecule has 1 amide bonds. The molecule has 24 heavy (non-hydrogen) atoms. The zero-order valence-corrected chi connectivity index (χ0v) is 13.9. The number of ether oxygens (including phenoxy) is 3. The van der Waals surface area contributed by atoms with Crippen LogP contribution in [0.5, 0.6) is 17.2 Å². The number of rotatable bonds is 7. The average Bonchev–Trinajstić information content (AvgIpc) is 2.61. The standard InChI is InChI=1S/C18H20N2O4/c1-13-6-4-5-7-16(13)24-12-18(21)20-19-11-14-8-9-15(22-2)10-17(14)23-3/h4-11H,12H2,1-3H3,(H,20,21). The fourth-order valence-electron chi connectivity index (χ4n) is 1.99. The highest BCUT2D eigenvalue weighted by Crippen LogP contribution is 2.23. The molecule has 0 atom stereocenters. The molecule has 1 N–H and O–H groups in total. The lowest BCUT2D eigenvalue weighted by molar-refractivity contribution is -0.123. The number of carbonyl (C=O) groups excluding carboxylic acids is 1. The van der Waals surface area contributed by atoms with Crippen molar-refractivity contribution in [2.75, 3.05) is 20.8 Å². The summed E-state index contributed by atoms with van der Waals surface area (Å²) in [7, 11) is 3.14. The summed E-state index contributed by atoms with van der Waals surface area (Å²) in [6.45, 7) is 1.81. The number of hydrogen-bond donors (Lipinski definition) is 1. The molecule has 2 aromatic carbocycles. The van der Waals surface area contributed by atoms with E-state index < -0.39 is 0 Å². The van der Waals surface area contributed by atoms with Crippen molar-refractivity contribution >= 4 is 12.1 Å². The Balaban J connectivity index is 1.89. The van der Waals surface area contributed by atoms with Crippen molar-refractivity contribution in [1.82, 2.24) is 5.43 Å². The van der Waals surface area contributed by atoms with Crippen LogP contribution in [0.1, 0.15) is 11.1 Å². The van der Waals surface area contributed by atoms with Gasteiger partial charge in [0.1, 0.15) is 17.2 Å². The molecule has 0 aromatic heterocycles. The third kappa shape index (κ3) is 4.74. The fourth-order valence-corrected chi connectivity index (χ4v) is 1.99. The van der Waals surface area contributed by atoms with Crippen LogP contribution < -0.4 is 19.6 Å². The van der Waals surface area contributed by atoms with Crippen molar-refractivity contribution in [3.8, 4) is 17.2 Å². The highest BCUT2D eigenvalue weighted by atomic mass is 16.5. The second-order valence-electron chi connectivity index (χ2n) is 4.96. The summed E-state index contributed by atoms with van der Waals surface area (Å²) in [4.78, 5) is 11.8. The van der Waals surface area contributed by atoms with Crippen molar-refractivity contribution in [2.45, 2.75) is 6.92 Å². The molecule has 0 unspecified atom stereocenters. The van der Waals surface area contributed by atoms with Gasteiger partial charge in [-0.25, -0.2) is 5.43 Å². The lowest BCUT2D eigenvalue weighted by atomic mass is 10.2. The Morgan fingerprint density at radius 3 is 2.62 bits per heavy atom. The Hall–Kier alpha value is -3.02. The predicted molar refractivity (Wildman–Crippen MR) is 92.0 cm³/mol. The van der Waals surface area contributed by atoms with E-state index in [4.69, 9.17) is 14.2 Å². The third-order valence-electron chi connectivity index (χ3n) is 3.29. The SMILES string of the molecule is COc1ccc(C=NNC(=O)COc2ccccc2C)c(OC)c1. The van der Waals surface area contributed by atoms with Crippen molar-refractivity contribution in [3.05, 3.63) is 53.6 Å². The van der Waals surface area contributed by atoms with Crippen LogP contribution >= 0.6 is 0 Å². The number of carbonyl (C=O) groups is 1. The average molecular weight is 328 g/mol. The Morgan fingerprint density at radius 1 is 1.12 bits per heavy atom. The van der Waals surface area contributed by atoms with Crippen LogP contribution in [0.15, 0.2) is 47.6 Å². The summed E-state index contributed by atoms with van der Waals surface area (Å²) >= 11 is 0. The van der Waals surface area contributed by atoms with E-state index in [-0.39, 0.29) is 12.5 Å². The summed E-state index contributed by atoms with van der Waals surface area (Å²) < 4.78 is 15.8. The van der Waals surface area contributed by atoms with Gasteiger partial charge in [-0.1, -0.05) is 18.2 Å². The van der Waals surface area contributed by atoms with Crippen LogP contribution in [0, 0.1) is 6.92 Å². The topological polar surface area (TPSA) is 69.2 Å². The van der Waals surface area contributed by atoms with E-state index in [2.05, 4.69) is 10.5 Å². The monoisotopic (exact) mass is 328 g/mol. The molecule has 0 aliphatic heterocycles. The van der Waals surface area contributed by atoms with Gasteiger partial charge in [0.2, 0.25) is 0 Å². The summed E-state index contributed by atoms with van der Waals surface area (Å²) in [5, 5.41) is 3.91. The van der Waals surface area contributed by atoms with E-state index in [0.29, 0.717) is 17.2 Å². The minimum Gasteiger partial charge on any atom is -0.497 e. The zero-order valence-electron chi connectivity index (χ0n) is 13.9. The molecule has 0 radical (unpaired) electrons. The van der Waals surface area contributed by atoms with Gasteiger partial charge in [0, 0.05) is 11.6 Å². The quantitative estimate of drug-likeness (QED) is 0.626. The molecule has 0 heterocycles. The van der Waals surface area contributed by atoms with Crippen LogP contribution in [0.25, 0.3) is 0 Å². The molecule has 0 aliphatic carbocycles. The minimum absolute atomic E-state index is 0.109. The van der Waals surface area contributed by atoms with Crippen molar-refractivity contribution < 1.29 is 19.0 Å². The first-order valence-corrected chi connectivity index (χ1v) is 7.36. The van der Waals surface area contributed by atoms with Crippen molar-refractivity contribution in [2.24, 2.45) is 5.10 Å². The largest absolute Gasteiger partial charge is 0.497 e. The van der Waals surface area contributed by atoms with E-state index in [1.165, 1.54) is 6.21 Å². The molecule has 0 fully saturated rings. The number of methoxy groups -OCH3 is 2. The first kappa shape index (κ1) is 17.3. The van der Waals surface area contributed by atoms with E-state index in [1.54, 1.807) is 32.4 Å². The molecule has 6 nitrogen and oxygen atoms in total. The zero-order chi connectivity index (χ0) is 17.4. The molecule has 2 rings (SSSR count). The highest BCUT2D eigenvalue weighted by molar-refractivity contribution is 5.85. The van der Waals surface area contributed by atoms with Crippen LogP contribution in [0.4, 0.5) is 0 Å². The Morgan fingerprint density at radius 2 is 1.92 bits per heavy atom. The maximum Gasteiger partial charge on any atom is 0.277 e. The number of amides is 1. The summed E-state index contributed by atoms with van der Waals surface area (Å²) in [6, 6.07) is 12.8. The number of nitrogens with one attached hydrogen (secondary N) is 1. The van der Waals surface area contributed by atoms with Gasteiger partial charge < -0.3 is 14.2 Å². The first-order valence-electron chi connectivity index (χ1n) is 7.36. The minimum atomic E-state index is -0.345. The van der Waals surface area contributed by atoms with Gasteiger partial charge in [-0.2, -0.15) is 5.10 Å². The normalized spacial score (nSPS) is 10.5. The van der Waals surface area contributed by atoms with Gasteiger partial charge in [0.05, 0.1) is 20.4 Å². The molecule has 0 aliphatic rings. The van der Waals surface area contributed by atoms with Gasteiger partial charge in [-0.05, 0) is 30.7 Å². The van der Waals surface area contributed by atoms with Crippen LogP contribution in [0.3, 0.4) is 0 Å². The van der Waals surface area contributed by atoms with E-state index >= 15 is 0 Å². The van der Waals surface area contributed by atoms with Crippen LogP contribution in [-0.2, 0) is 4.79 Å². The highest BCUT2D eigenvalue weighted by Gasteiger charge is 2.05. The molecule has 126 valence electrons. The number of hydrogen-bond acceptors (Lipinski definition) is 5. The van der Waals surface area contributed by atoms with E-state index in [0.717, 1.165) is 11.1 Å². The fraction of sp³-hybridized carbons (Fsp3) is 0.222. The Kier molecular flexibility index (Phi) is 6.19. The van der Waals surface area contributed by atoms with Crippen molar-refractivity contribution in [3.63, 3.8) is 0 Å². The number of benzene rings is 2. The molecule has 6 heteroatoms. The lowest BCUT2D eigenvalue weighted by Gasteiger charge is -2.08. The Bertz CT molecular complexity index is 729. The van der Waals surface area contributed by atoms with Crippen molar-refractivity contribution in [1.29, 1.82) is 0 Å².